The Hall–Kier alpha value is -8.61. The normalized spacial score (nSPS) is 14.5. The van der Waals surface area contributed by atoms with Crippen molar-refractivity contribution >= 4 is 50.4 Å². The highest BCUT2D eigenvalue weighted by Gasteiger charge is 2.30. The third kappa shape index (κ3) is 9.88. The van der Waals surface area contributed by atoms with Gasteiger partial charge in [0.15, 0.2) is 0 Å². The first-order valence-corrected chi connectivity index (χ1v) is 26.8. The van der Waals surface area contributed by atoms with Crippen molar-refractivity contribution in [3.8, 4) is 11.4 Å². The first-order chi connectivity index (χ1) is 38.0. The molecule has 7 aromatic heterocycles. The maximum atomic E-state index is 13.5. The fourth-order valence-electron chi connectivity index (χ4n) is 11.8. The van der Waals surface area contributed by atoms with E-state index in [2.05, 4.69) is 119 Å². The Bertz CT molecular complexity index is 3860. The largest absolute Gasteiger partial charge is 0.381 e. The molecular formula is C60H63N13O5. The van der Waals surface area contributed by atoms with Crippen molar-refractivity contribution in [2.45, 2.75) is 77.2 Å². The molecule has 2 aliphatic rings. The van der Waals surface area contributed by atoms with Crippen LogP contribution in [0.5, 0.6) is 0 Å². The summed E-state index contributed by atoms with van der Waals surface area (Å²) in [6.07, 6.45) is 13.7. The number of aromatic amines is 1. The van der Waals surface area contributed by atoms with Gasteiger partial charge < -0.3 is 39.5 Å². The molecule has 18 nitrogen and oxygen atoms in total. The van der Waals surface area contributed by atoms with Crippen molar-refractivity contribution in [2.75, 3.05) is 26.4 Å². The van der Waals surface area contributed by atoms with Crippen LogP contribution in [0.1, 0.15) is 113 Å². The lowest BCUT2D eigenvalue weighted by molar-refractivity contribution is 0.0837. The van der Waals surface area contributed by atoms with Crippen LogP contribution in [0.2, 0.25) is 0 Å². The van der Waals surface area contributed by atoms with Crippen molar-refractivity contribution in [3.63, 3.8) is 0 Å². The van der Waals surface area contributed by atoms with Gasteiger partial charge in [-0.25, -0.2) is 0 Å². The second-order valence-corrected chi connectivity index (χ2v) is 20.8. The summed E-state index contributed by atoms with van der Waals surface area (Å²) in [7, 11) is 5.37. The van der Waals surface area contributed by atoms with E-state index >= 15 is 0 Å². The van der Waals surface area contributed by atoms with Gasteiger partial charge in [-0.05, 0) is 109 Å². The number of H-pyrrole nitrogens is 1. The van der Waals surface area contributed by atoms with Gasteiger partial charge in [0, 0.05) is 159 Å². The van der Waals surface area contributed by atoms with E-state index < -0.39 is 0 Å². The zero-order valence-electron chi connectivity index (χ0n) is 44.4. The molecule has 78 heavy (non-hydrogen) atoms. The Morgan fingerprint density at radius 3 is 1.78 bits per heavy atom. The molecule has 2 aliphatic heterocycles. The van der Waals surface area contributed by atoms with E-state index in [1.807, 2.05) is 12.3 Å². The fourth-order valence-corrected chi connectivity index (χ4v) is 11.8. The van der Waals surface area contributed by atoms with Gasteiger partial charge in [-0.1, -0.05) is 24.3 Å². The number of nitrogens with zero attached hydrogens (tertiary/aromatic N) is 9. The summed E-state index contributed by atoms with van der Waals surface area (Å²) in [5, 5.41) is 25.3. The molecule has 9 heterocycles. The van der Waals surface area contributed by atoms with Gasteiger partial charge in [-0.3, -0.25) is 33.4 Å². The van der Waals surface area contributed by atoms with Crippen LogP contribution in [-0.2, 0) is 63.3 Å². The standard InChI is InChI=1S/C60H63N13O5/c1-37-45-25-39(28-62-58(74)43-31-66-69(2)33-43)9-12-52(45)72(56(37)42-17-23-78-24-18-42)36-49-47-27-40(29-63-59(75)44-32-67-70(3)34-44)10-13-53(47)73(57(49)51-7-5-6-19-61-51)35-48-46-26-38(30-64-60(76)54-14-20-65-71(54)4)8-11-50(46)68-55(48)41-15-21-77-22-16-41/h5-14,19-20,25-27,31-34,41-42,68H,15-18,21-24,28-30,35-36H2,1-4H3,(H,62,74)(H,63,75)(H,64,76). The lowest BCUT2D eigenvalue weighted by Gasteiger charge is -2.25. The molecule has 12 rings (SSSR count). The molecule has 0 bridgehead atoms. The molecule has 18 heteroatoms. The molecule has 4 N–H and O–H groups in total. The summed E-state index contributed by atoms with van der Waals surface area (Å²) in [4.78, 5) is 49.0. The van der Waals surface area contributed by atoms with Gasteiger partial charge in [0.1, 0.15) is 5.69 Å². The lowest BCUT2D eigenvalue weighted by Crippen LogP contribution is -2.25. The Morgan fingerprint density at radius 1 is 0.615 bits per heavy atom. The van der Waals surface area contributed by atoms with Crippen LogP contribution in [0.15, 0.2) is 116 Å². The summed E-state index contributed by atoms with van der Waals surface area (Å²) in [5.41, 5.74) is 15.4. The molecular weight excluding hydrogens is 983 g/mol. The minimum Gasteiger partial charge on any atom is -0.381 e. The second-order valence-electron chi connectivity index (χ2n) is 20.8. The van der Waals surface area contributed by atoms with Crippen LogP contribution in [0, 0.1) is 6.92 Å². The van der Waals surface area contributed by atoms with Crippen molar-refractivity contribution in [1.29, 1.82) is 0 Å². The van der Waals surface area contributed by atoms with E-state index in [1.165, 1.54) is 22.5 Å². The first kappa shape index (κ1) is 50.2. The summed E-state index contributed by atoms with van der Waals surface area (Å²) < 4.78 is 21.7. The maximum absolute atomic E-state index is 13.5. The number of amides is 3. The van der Waals surface area contributed by atoms with E-state index in [1.54, 1.807) is 72.2 Å². The molecule has 398 valence electrons. The van der Waals surface area contributed by atoms with Crippen molar-refractivity contribution in [2.24, 2.45) is 21.1 Å². The molecule has 2 fully saturated rings. The smallest absolute Gasteiger partial charge is 0.269 e. The number of carbonyl (C=O) groups excluding carboxylic acids is 3. The van der Waals surface area contributed by atoms with E-state index in [-0.39, 0.29) is 29.6 Å². The molecule has 3 amide bonds. The van der Waals surface area contributed by atoms with E-state index in [9.17, 15) is 14.4 Å². The van der Waals surface area contributed by atoms with Gasteiger partial charge in [0.25, 0.3) is 17.7 Å². The minimum absolute atomic E-state index is 0.173. The zero-order chi connectivity index (χ0) is 53.4. The summed E-state index contributed by atoms with van der Waals surface area (Å²) in [5.74, 6) is -0.0637. The summed E-state index contributed by atoms with van der Waals surface area (Å²) in [6.45, 7) is 7.02. The molecule has 3 aromatic carbocycles. The number of ether oxygens (including phenoxy) is 2. The Kier molecular flexibility index (Phi) is 13.8. The first-order valence-electron chi connectivity index (χ1n) is 26.8. The number of pyridine rings is 1. The summed E-state index contributed by atoms with van der Waals surface area (Å²) >= 11 is 0. The second kappa shape index (κ2) is 21.4. The van der Waals surface area contributed by atoms with E-state index in [0.29, 0.717) is 76.0 Å². The van der Waals surface area contributed by atoms with Gasteiger partial charge in [-0.2, -0.15) is 15.3 Å². The number of aryl methyl sites for hydroxylation is 4. The average Bonchev–Trinajstić information content (AvgIpc) is 4.42. The molecule has 0 saturated carbocycles. The van der Waals surface area contributed by atoms with Crippen molar-refractivity contribution < 1.29 is 23.9 Å². The minimum atomic E-state index is -0.197. The maximum Gasteiger partial charge on any atom is 0.269 e. The van der Waals surface area contributed by atoms with Crippen LogP contribution in [0.4, 0.5) is 0 Å². The molecule has 0 atom stereocenters. The molecule has 0 unspecified atom stereocenters. The Labute approximate surface area is 450 Å². The lowest BCUT2D eigenvalue weighted by atomic mass is 9.92. The third-order valence-corrected chi connectivity index (χ3v) is 15.8. The fraction of sp³-hybridized carbons (Fsp3) is 0.317. The quantitative estimate of drug-likeness (QED) is 0.0735. The summed E-state index contributed by atoms with van der Waals surface area (Å²) in [6, 6.07) is 27.4. The van der Waals surface area contributed by atoms with Gasteiger partial charge in [0.05, 0.1) is 48.0 Å². The van der Waals surface area contributed by atoms with Crippen LogP contribution < -0.4 is 16.0 Å². The number of aromatic nitrogens is 10. The SMILES string of the molecule is Cc1c(C2CCOCC2)n(Cc2c(-c3ccccn3)n(Cc3c(C4CCOCC4)[nH]c4ccc(CNC(=O)c5ccnn5C)cc34)c3ccc(CNC(=O)c4cnn(C)c4)cc23)c2ccc(CNC(=O)c3cnn(C)c3)cc12. The Morgan fingerprint density at radius 2 is 1.19 bits per heavy atom. The molecule has 10 aromatic rings. The van der Waals surface area contributed by atoms with E-state index in [0.717, 1.165) is 92.0 Å². The average molecular weight is 1050 g/mol. The van der Waals surface area contributed by atoms with Crippen molar-refractivity contribution in [1.82, 2.24) is 64.4 Å². The van der Waals surface area contributed by atoms with Crippen LogP contribution >= 0.6 is 0 Å². The zero-order valence-corrected chi connectivity index (χ0v) is 44.4. The van der Waals surface area contributed by atoms with Gasteiger partial charge in [-0.15, -0.1) is 0 Å². The number of fused-ring (bicyclic) bond motifs is 3. The molecule has 0 radical (unpaired) electrons. The third-order valence-electron chi connectivity index (χ3n) is 15.8. The van der Waals surface area contributed by atoms with E-state index in [4.69, 9.17) is 14.5 Å². The molecule has 0 spiro atoms. The highest BCUT2D eigenvalue weighted by Crippen LogP contribution is 2.42. The number of rotatable bonds is 16. The van der Waals surface area contributed by atoms with Crippen LogP contribution in [0.25, 0.3) is 44.1 Å². The topological polar surface area (TPSA) is 198 Å². The van der Waals surface area contributed by atoms with Crippen LogP contribution in [-0.4, -0.2) is 92.6 Å². The number of hydrogen-bond donors (Lipinski definition) is 4. The molecule has 2 saturated heterocycles. The highest BCUT2D eigenvalue weighted by molar-refractivity contribution is 5.96. The molecule has 0 aliphatic carbocycles. The monoisotopic (exact) mass is 1050 g/mol. The predicted octanol–water partition coefficient (Wildman–Crippen LogP) is 8.32. The number of carbonyl (C=O) groups is 3. The number of nitrogens with one attached hydrogen (secondary N) is 4. The van der Waals surface area contributed by atoms with Gasteiger partial charge >= 0.3 is 0 Å². The van der Waals surface area contributed by atoms with Gasteiger partial charge in [0.2, 0.25) is 0 Å². The predicted molar refractivity (Wildman–Crippen MR) is 297 cm³/mol. The highest BCUT2D eigenvalue weighted by atomic mass is 16.5. The number of benzene rings is 3. The van der Waals surface area contributed by atoms with Crippen molar-refractivity contribution in [3.05, 3.63) is 178 Å². The Balaban J connectivity index is 1.01. The van der Waals surface area contributed by atoms with Crippen LogP contribution in [0.3, 0.4) is 0 Å². The number of hydrogen-bond acceptors (Lipinski definition) is 9.